The molecule has 0 nitrogen and oxygen atoms in total. The second-order valence-electron chi connectivity index (χ2n) is 0. The zero-order valence-corrected chi connectivity index (χ0v) is 9.12. The molecule has 0 aromatic heterocycles. The van der Waals surface area contributed by atoms with Crippen molar-refractivity contribution in [3.63, 3.8) is 0 Å². The monoisotopic (exact) mass is 188 g/mol. The maximum atomic E-state index is 0. The molecule has 0 N–H and O–H groups in total. The molecule has 0 aliphatic heterocycles. The van der Waals surface area contributed by atoms with Crippen molar-refractivity contribution in [1.29, 1.82) is 0 Å². The normalized spacial score (nSPS) is 0. The predicted octanol–water partition coefficient (Wildman–Crippen LogP) is -21.7. The smallest absolute Gasteiger partial charge is 1.00 e. The zero-order chi connectivity index (χ0) is 0. The van der Waals surface area contributed by atoms with E-state index in [0.717, 1.165) is 0 Å². The topological polar surface area (TPSA) is 0 Å². The second-order valence-corrected chi connectivity index (χ2v) is 0. The fourth-order valence-electron chi connectivity index (χ4n) is 0. The van der Waals surface area contributed by atoms with Gasteiger partial charge in [-0.1, -0.05) is 0 Å². The average Bonchev–Trinajstić information content (AvgIpc) is 0. The van der Waals surface area contributed by atoms with Crippen LogP contribution in [0.1, 0.15) is 0 Å². The molecule has 0 heterocycles. The molecular weight excluding hydrogens is 188 g/mol. The van der Waals surface area contributed by atoms with Crippen molar-refractivity contribution in [3.05, 3.63) is 0 Å². The number of hydrogen-bond acceptors (Lipinski definition) is 0. The summed E-state index contributed by atoms with van der Waals surface area (Å²) in [4.78, 5) is 0. The number of rotatable bonds is 0. The molecule has 0 saturated heterocycles. The van der Waals surface area contributed by atoms with Crippen LogP contribution in [0.3, 0.4) is 0 Å². The van der Waals surface area contributed by atoms with E-state index in [9.17, 15) is 0 Å². The van der Waals surface area contributed by atoms with Crippen molar-refractivity contribution in [1.82, 2.24) is 0 Å². The molecule has 48 valence electrons. The summed E-state index contributed by atoms with van der Waals surface area (Å²) in [6.07, 6.45) is 0. The molecule has 0 saturated carbocycles. The molecule has 0 radical (unpaired) electrons. The summed E-state index contributed by atoms with van der Waals surface area (Å²) in [5, 5.41) is 0. The van der Waals surface area contributed by atoms with E-state index in [0.29, 0.717) is 0 Å². The van der Waals surface area contributed by atoms with Gasteiger partial charge in [-0.3, -0.25) is 0 Å². The summed E-state index contributed by atoms with van der Waals surface area (Å²) >= 11 is 0. The molecule has 0 spiro atoms. The predicted molar refractivity (Wildman–Crippen MR) is 11.5 cm³/mol. The van der Waals surface area contributed by atoms with Crippen LogP contribution in [0.15, 0.2) is 0 Å². The van der Waals surface area contributed by atoms with Gasteiger partial charge in [0.15, 0.2) is 0 Å². The molecule has 9 heavy (non-hydrogen) atoms. The minimum absolute atomic E-state index is 0. The number of hydrogen-bond donors (Lipinski definition) is 0. The van der Waals surface area contributed by atoms with Gasteiger partial charge in [-0.15, -0.1) is 0 Å². The third-order valence-electron chi connectivity index (χ3n) is 0. The van der Waals surface area contributed by atoms with Crippen LogP contribution in [0.2, 0.25) is 0 Å². The van der Waals surface area contributed by atoms with E-state index in [1.165, 1.54) is 0 Å². The van der Waals surface area contributed by atoms with Crippen molar-refractivity contribution in [3.8, 4) is 0 Å². The van der Waals surface area contributed by atoms with Gasteiger partial charge in [-0.2, -0.15) is 0 Å². The van der Waals surface area contributed by atoms with Gasteiger partial charge in [-0.05, 0) is 0 Å². The van der Waals surface area contributed by atoms with Gasteiger partial charge in [0.2, 0.25) is 0 Å². The Morgan fingerprint density at radius 1 is 0.444 bits per heavy atom. The van der Waals surface area contributed by atoms with Crippen molar-refractivity contribution < 1.29 is 57.8 Å². The standard InChI is InChI=1S/Al.6FH.Mg.Na/h;6*1H;;/q+3;;;;;;;+2;+1/p-6. The van der Waals surface area contributed by atoms with Gasteiger partial charge in [0, 0.05) is 0 Å². The maximum Gasteiger partial charge on any atom is 3.00 e. The van der Waals surface area contributed by atoms with Crippen molar-refractivity contribution in [2.24, 2.45) is 0 Å². The van der Waals surface area contributed by atoms with E-state index >= 15 is 0 Å². The molecule has 9 heteroatoms. The molecule has 0 atom stereocenters. The maximum absolute atomic E-state index is 0. The van der Waals surface area contributed by atoms with E-state index in [1.54, 1.807) is 0 Å². The molecule has 0 fully saturated rings. The molecule has 0 bridgehead atoms. The van der Waals surface area contributed by atoms with Gasteiger partial charge in [0.25, 0.3) is 0 Å². The molecule has 0 aromatic carbocycles. The van der Waals surface area contributed by atoms with Crippen LogP contribution in [0, 0.1) is 0 Å². The van der Waals surface area contributed by atoms with E-state index < -0.39 is 0 Å². The summed E-state index contributed by atoms with van der Waals surface area (Å²) in [5.74, 6) is 0. The summed E-state index contributed by atoms with van der Waals surface area (Å²) in [5.41, 5.74) is 0. The minimum atomic E-state index is 0. The minimum Gasteiger partial charge on any atom is -1.00 e. The second kappa shape index (κ2) is 221. The largest absolute Gasteiger partial charge is 3.00 e. The molecule has 0 unspecified atom stereocenters. The van der Waals surface area contributed by atoms with E-state index in [4.69, 9.17) is 0 Å². The van der Waals surface area contributed by atoms with Crippen LogP contribution in [-0.2, 0) is 0 Å². The fourth-order valence-corrected chi connectivity index (χ4v) is 0. The first-order valence-corrected chi connectivity index (χ1v) is 0. The van der Waals surface area contributed by atoms with Gasteiger partial charge in [-0.25, -0.2) is 0 Å². The molecule has 0 aliphatic carbocycles. The zero-order valence-electron chi connectivity index (χ0n) is 4.55. The van der Waals surface area contributed by atoms with Crippen molar-refractivity contribution >= 4 is 40.4 Å². The summed E-state index contributed by atoms with van der Waals surface area (Å²) in [6, 6.07) is 0. The Labute approximate surface area is 97.3 Å². The van der Waals surface area contributed by atoms with Crippen LogP contribution in [0.25, 0.3) is 0 Å². The van der Waals surface area contributed by atoms with Gasteiger partial charge >= 0.3 is 70.0 Å². The van der Waals surface area contributed by atoms with Crippen LogP contribution in [0.4, 0.5) is 0 Å². The van der Waals surface area contributed by atoms with Gasteiger partial charge in [0.05, 0.1) is 0 Å². The van der Waals surface area contributed by atoms with E-state index in [2.05, 4.69) is 0 Å². The first-order valence-electron chi connectivity index (χ1n) is 0. The quantitative estimate of drug-likeness (QED) is 0.262. The van der Waals surface area contributed by atoms with Crippen LogP contribution >= 0.6 is 0 Å². The summed E-state index contributed by atoms with van der Waals surface area (Å²) in [7, 11) is 0. The summed E-state index contributed by atoms with van der Waals surface area (Å²) in [6.45, 7) is 0. The van der Waals surface area contributed by atoms with Gasteiger partial charge in [0.1, 0.15) is 0 Å². The van der Waals surface area contributed by atoms with E-state index in [-0.39, 0.29) is 98.2 Å². The van der Waals surface area contributed by atoms with Crippen LogP contribution in [0.5, 0.6) is 0 Å². The summed E-state index contributed by atoms with van der Waals surface area (Å²) < 4.78 is 0. The molecule has 0 amide bonds. The molecule has 0 aliphatic rings. The Hall–Kier alpha value is 1.88. The molecule has 0 rings (SSSR count). The Morgan fingerprint density at radius 3 is 0.444 bits per heavy atom. The van der Waals surface area contributed by atoms with Crippen molar-refractivity contribution in [2.45, 2.75) is 0 Å². The van der Waals surface area contributed by atoms with E-state index in [1.807, 2.05) is 0 Å². The first kappa shape index (κ1) is 301. The third kappa shape index (κ3) is 174. The third-order valence-corrected chi connectivity index (χ3v) is 0. The van der Waals surface area contributed by atoms with Gasteiger partial charge < -0.3 is 28.2 Å². The Kier molecular flexibility index (Phi) is 7370. The fraction of sp³-hybridized carbons (Fsp3) is 0. The Bertz CT molecular complexity index is 13.0. The molecule has 0 aromatic rings. The Balaban J connectivity index is 0. The average molecular weight is 188 g/mol. The van der Waals surface area contributed by atoms with Crippen LogP contribution < -0.4 is 57.8 Å². The van der Waals surface area contributed by atoms with Crippen molar-refractivity contribution in [2.75, 3.05) is 0 Å². The Morgan fingerprint density at radius 2 is 0.444 bits per heavy atom. The SMILES string of the molecule is [Al+3].[F-].[F-].[F-].[F-].[F-].[F-].[Mg+2].[Na+]. The first-order chi connectivity index (χ1) is 0. The van der Waals surface area contributed by atoms with Crippen LogP contribution in [-0.4, -0.2) is 40.4 Å². The number of halogens is 6. The molecular formula is AlF6MgNa.